The van der Waals surface area contributed by atoms with Crippen LogP contribution in [0.4, 0.5) is 0 Å². The van der Waals surface area contributed by atoms with Gasteiger partial charge in [0.05, 0.1) is 19.0 Å². The molecule has 37 heavy (non-hydrogen) atoms. The van der Waals surface area contributed by atoms with Gasteiger partial charge in [-0.05, 0) is 57.1 Å². The lowest BCUT2D eigenvalue weighted by Crippen LogP contribution is -2.52. The summed E-state index contributed by atoms with van der Waals surface area (Å²) in [7, 11) is -3.41. The maximum absolute atomic E-state index is 13.4. The summed E-state index contributed by atoms with van der Waals surface area (Å²) in [5, 5.41) is 7.05. The Labute approximate surface area is 219 Å². The maximum atomic E-state index is 13.4. The van der Waals surface area contributed by atoms with E-state index in [2.05, 4.69) is 27.5 Å². The van der Waals surface area contributed by atoms with E-state index in [-0.39, 0.29) is 23.7 Å². The third-order valence-corrected chi connectivity index (χ3v) is 9.68. The fourth-order valence-electron chi connectivity index (χ4n) is 5.40. The number of hydrogen-bond donors (Lipinski definition) is 1. The number of nitrogens with one attached hydrogen (secondary N) is 1. The van der Waals surface area contributed by atoms with Crippen LogP contribution in [-0.4, -0.2) is 85.9 Å². The number of benzene rings is 1. The zero-order chi connectivity index (χ0) is 25.7. The summed E-state index contributed by atoms with van der Waals surface area (Å²) in [6.07, 6.45) is 5.46. The highest BCUT2D eigenvalue weighted by atomic mass is 32.2. The van der Waals surface area contributed by atoms with E-state index < -0.39 is 10.0 Å². The molecule has 1 amide bonds. The van der Waals surface area contributed by atoms with Gasteiger partial charge in [-0.25, -0.2) is 8.42 Å². The number of carbonyl (C=O) groups is 1. The van der Waals surface area contributed by atoms with Crippen LogP contribution in [0, 0.1) is 0 Å². The molecule has 9 nitrogen and oxygen atoms in total. The summed E-state index contributed by atoms with van der Waals surface area (Å²) < 4.78 is 39.3. The summed E-state index contributed by atoms with van der Waals surface area (Å²) in [5.74, 6) is 1.08. The Morgan fingerprint density at radius 3 is 2.62 bits per heavy atom. The van der Waals surface area contributed by atoms with Crippen LogP contribution in [0.25, 0.3) is 0 Å². The van der Waals surface area contributed by atoms with Crippen molar-refractivity contribution in [1.82, 2.24) is 19.7 Å². The molecule has 5 rings (SSSR count). The van der Waals surface area contributed by atoms with Gasteiger partial charge in [-0.2, -0.15) is 4.31 Å². The zero-order valence-corrected chi connectivity index (χ0v) is 22.2. The van der Waals surface area contributed by atoms with Crippen molar-refractivity contribution >= 4 is 15.9 Å². The molecule has 2 aliphatic heterocycles. The van der Waals surface area contributed by atoms with Gasteiger partial charge in [0.2, 0.25) is 10.0 Å². The normalized spacial score (nSPS) is 23.7. The number of nitrogens with zero attached hydrogens (tertiary/aromatic N) is 3. The zero-order valence-electron chi connectivity index (χ0n) is 21.4. The summed E-state index contributed by atoms with van der Waals surface area (Å²) in [4.78, 5) is 15.1. The van der Waals surface area contributed by atoms with Gasteiger partial charge < -0.3 is 14.6 Å². The van der Waals surface area contributed by atoms with Gasteiger partial charge in [0.25, 0.3) is 5.91 Å². The molecule has 2 aromatic rings. The minimum Gasteiger partial charge on any atom is -0.379 e. The number of aryl methyl sites for hydroxylation is 1. The summed E-state index contributed by atoms with van der Waals surface area (Å²) in [5.41, 5.74) is 1.49. The van der Waals surface area contributed by atoms with E-state index in [1.54, 1.807) is 10.4 Å². The van der Waals surface area contributed by atoms with Crippen molar-refractivity contribution in [1.29, 1.82) is 0 Å². The standard InChI is InChI=1S/C27H38N4O5S/c32-27(25-20-26(36-29-25)22-8-9-22)28-23-11-13-31(24(19-23)10-7-21-5-2-1-3-6-21)37(33,34)18-4-12-30-14-16-35-17-15-30/h1-3,5-6,20,22-24H,4,7-19H2,(H,28,32)/t23-,24-/m1/s1. The Hall–Kier alpha value is -2.27. The fraction of sp³-hybridized carbons (Fsp3) is 0.630. The third-order valence-electron chi connectivity index (χ3n) is 7.68. The van der Waals surface area contributed by atoms with Gasteiger partial charge >= 0.3 is 0 Å². The summed E-state index contributed by atoms with van der Waals surface area (Å²) in [6, 6.07) is 11.6. The van der Waals surface area contributed by atoms with Crippen LogP contribution >= 0.6 is 0 Å². The van der Waals surface area contributed by atoms with Crippen LogP contribution in [0.2, 0.25) is 0 Å². The van der Waals surface area contributed by atoms with E-state index in [1.807, 2.05) is 18.2 Å². The Kier molecular flexibility index (Phi) is 8.59. The van der Waals surface area contributed by atoms with Crippen molar-refractivity contribution in [2.24, 2.45) is 0 Å². The second-order valence-electron chi connectivity index (χ2n) is 10.5. The first-order valence-electron chi connectivity index (χ1n) is 13.6. The van der Waals surface area contributed by atoms with E-state index in [4.69, 9.17) is 9.26 Å². The number of amides is 1. The Balaban J connectivity index is 1.20. The molecule has 202 valence electrons. The highest BCUT2D eigenvalue weighted by molar-refractivity contribution is 7.89. The predicted octanol–water partition coefficient (Wildman–Crippen LogP) is 2.80. The number of piperidine rings is 1. The Bertz CT molecular complexity index is 1130. The van der Waals surface area contributed by atoms with E-state index >= 15 is 0 Å². The van der Waals surface area contributed by atoms with Crippen LogP contribution in [0.15, 0.2) is 40.9 Å². The molecule has 2 atom stereocenters. The fourth-order valence-corrected chi connectivity index (χ4v) is 7.15. The van der Waals surface area contributed by atoms with Gasteiger partial charge in [0.1, 0.15) is 5.76 Å². The maximum Gasteiger partial charge on any atom is 0.273 e. The molecule has 1 N–H and O–H groups in total. The summed E-state index contributed by atoms with van der Waals surface area (Å²) in [6.45, 7) is 4.32. The summed E-state index contributed by atoms with van der Waals surface area (Å²) >= 11 is 0. The van der Waals surface area contributed by atoms with Gasteiger partial charge in [0, 0.05) is 43.7 Å². The predicted molar refractivity (Wildman–Crippen MR) is 140 cm³/mol. The quantitative estimate of drug-likeness (QED) is 0.476. The molecule has 1 aliphatic carbocycles. The molecular weight excluding hydrogens is 492 g/mol. The van der Waals surface area contributed by atoms with Gasteiger partial charge in [-0.1, -0.05) is 35.5 Å². The van der Waals surface area contributed by atoms with Crippen molar-refractivity contribution in [3.63, 3.8) is 0 Å². The van der Waals surface area contributed by atoms with Crippen molar-refractivity contribution < 1.29 is 22.5 Å². The van der Waals surface area contributed by atoms with Crippen molar-refractivity contribution in [3.05, 3.63) is 53.4 Å². The average molecular weight is 531 g/mol. The molecule has 1 aromatic carbocycles. The molecule has 3 fully saturated rings. The molecule has 3 aliphatic rings. The number of rotatable bonds is 11. The number of hydrogen-bond acceptors (Lipinski definition) is 7. The lowest BCUT2D eigenvalue weighted by Gasteiger charge is -2.39. The molecular formula is C27H38N4O5S. The van der Waals surface area contributed by atoms with E-state index in [0.717, 1.165) is 51.1 Å². The van der Waals surface area contributed by atoms with Gasteiger partial charge in [-0.15, -0.1) is 0 Å². The van der Waals surface area contributed by atoms with Crippen LogP contribution in [0.1, 0.15) is 66.3 Å². The number of sulfonamides is 1. The number of carbonyl (C=O) groups excluding carboxylic acids is 1. The molecule has 10 heteroatoms. The van der Waals surface area contributed by atoms with Crippen molar-refractivity contribution in [2.75, 3.05) is 45.1 Å². The van der Waals surface area contributed by atoms with Crippen molar-refractivity contribution in [2.45, 2.75) is 62.9 Å². The average Bonchev–Trinajstić information content (AvgIpc) is 3.64. The minimum absolute atomic E-state index is 0.103. The van der Waals surface area contributed by atoms with E-state index in [9.17, 15) is 13.2 Å². The Morgan fingerprint density at radius 2 is 1.86 bits per heavy atom. The Morgan fingerprint density at radius 1 is 1.08 bits per heavy atom. The molecule has 0 bridgehead atoms. The largest absolute Gasteiger partial charge is 0.379 e. The molecule has 2 saturated heterocycles. The molecule has 3 heterocycles. The smallest absolute Gasteiger partial charge is 0.273 e. The first-order valence-corrected chi connectivity index (χ1v) is 15.2. The first kappa shape index (κ1) is 26.3. The van der Waals surface area contributed by atoms with Gasteiger partial charge in [-0.3, -0.25) is 9.69 Å². The molecule has 0 radical (unpaired) electrons. The van der Waals surface area contributed by atoms with Crippen molar-refractivity contribution in [3.8, 4) is 0 Å². The molecule has 1 saturated carbocycles. The highest BCUT2D eigenvalue weighted by Crippen LogP contribution is 2.40. The van der Waals surface area contributed by atoms with Crippen LogP contribution in [-0.2, 0) is 21.2 Å². The van der Waals surface area contributed by atoms with Crippen LogP contribution in [0.5, 0.6) is 0 Å². The lowest BCUT2D eigenvalue weighted by molar-refractivity contribution is 0.0380. The third kappa shape index (κ3) is 7.19. The second-order valence-corrected chi connectivity index (χ2v) is 12.5. The topological polar surface area (TPSA) is 105 Å². The lowest BCUT2D eigenvalue weighted by atomic mass is 9.94. The molecule has 0 unspecified atom stereocenters. The number of morpholine rings is 1. The molecule has 1 aromatic heterocycles. The number of ether oxygens (including phenoxy) is 1. The SMILES string of the molecule is O=C(N[C@@H]1CCN(S(=O)(=O)CCCN2CCOCC2)[C@H](CCc2ccccc2)C1)c1cc(C2CC2)on1. The molecule has 0 spiro atoms. The highest BCUT2D eigenvalue weighted by Gasteiger charge is 2.36. The van der Waals surface area contributed by atoms with Crippen LogP contribution in [0.3, 0.4) is 0 Å². The van der Waals surface area contributed by atoms with Crippen LogP contribution < -0.4 is 5.32 Å². The van der Waals surface area contributed by atoms with E-state index in [1.165, 1.54) is 5.56 Å². The second kappa shape index (κ2) is 12.1. The number of aromatic nitrogens is 1. The van der Waals surface area contributed by atoms with E-state index in [0.29, 0.717) is 50.6 Å². The first-order chi connectivity index (χ1) is 18.0. The van der Waals surface area contributed by atoms with Gasteiger partial charge in [0.15, 0.2) is 5.69 Å². The minimum atomic E-state index is -3.41. The monoisotopic (exact) mass is 530 g/mol.